The summed E-state index contributed by atoms with van der Waals surface area (Å²) in [6.45, 7) is 2.53. The second kappa shape index (κ2) is 5.77. The predicted octanol–water partition coefficient (Wildman–Crippen LogP) is 2.84. The van der Waals surface area contributed by atoms with Crippen molar-refractivity contribution in [1.29, 1.82) is 0 Å². The third kappa shape index (κ3) is 2.67. The smallest absolute Gasteiger partial charge is 0.258 e. The lowest BCUT2D eigenvalue weighted by atomic mass is 10.1. The maximum atomic E-state index is 12.5. The van der Waals surface area contributed by atoms with Crippen molar-refractivity contribution in [3.05, 3.63) is 68.3 Å². The van der Waals surface area contributed by atoms with Crippen LogP contribution in [-0.4, -0.2) is 10.5 Å². The van der Waals surface area contributed by atoms with E-state index < -0.39 is 0 Å². The molecule has 0 aliphatic heterocycles. The molecule has 3 rings (SSSR count). The Bertz CT molecular complexity index is 908. The molecule has 0 aliphatic carbocycles. The number of aromatic nitrogens is 1. The number of hydrogen-bond donors (Lipinski definition) is 1. The van der Waals surface area contributed by atoms with E-state index in [1.807, 2.05) is 25.1 Å². The van der Waals surface area contributed by atoms with E-state index in [0.717, 1.165) is 4.88 Å². The number of nitrogens with zero attached hydrogens (tertiary/aromatic N) is 1. The Hall–Kier alpha value is -2.40. The van der Waals surface area contributed by atoms with E-state index in [2.05, 4.69) is 5.32 Å². The van der Waals surface area contributed by atoms with E-state index in [0.29, 0.717) is 22.9 Å². The summed E-state index contributed by atoms with van der Waals surface area (Å²) < 4.78 is 1.45. The zero-order valence-electron chi connectivity index (χ0n) is 12.4. The Morgan fingerprint density at radius 3 is 2.59 bits per heavy atom. The minimum Gasteiger partial charge on any atom is -0.347 e. The van der Waals surface area contributed by atoms with E-state index >= 15 is 0 Å². The van der Waals surface area contributed by atoms with Crippen LogP contribution in [0.15, 0.2) is 47.4 Å². The fraction of sp³-hybridized carbons (Fsp3) is 0.176. The molecular weight excluding hydrogens is 296 g/mol. The molecule has 4 nitrogen and oxygen atoms in total. The average molecular weight is 312 g/mol. The molecule has 112 valence electrons. The molecule has 0 bridgehead atoms. The minimum atomic E-state index is -0.169. The van der Waals surface area contributed by atoms with Gasteiger partial charge in [0, 0.05) is 33.8 Å². The Morgan fingerprint density at radius 1 is 1.18 bits per heavy atom. The molecule has 1 aromatic carbocycles. The largest absolute Gasteiger partial charge is 0.347 e. The van der Waals surface area contributed by atoms with Gasteiger partial charge in [0.05, 0.1) is 12.1 Å². The average Bonchev–Trinajstić information content (AvgIpc) is 2.94. The van der Waals surface area contributed by atoms with Gasteiger partial charge in [-0.15, -0.1) is 11.3 Å². The first-order valence-corrected chi connectivity index (χ1v) is 7.80. The summed E-state index contributed by atoms with van der Waals surface area (Å²) in [6, 6.07) is 11.2. The number of amides is 1. The van der Waals surface area contributed by atoms with E-state index in [-0.39, 0.29) is 11.5 Å². The molecule has 1 N–H and O–H groups in total. The summed E-state index contributed by atoms with van der Waals surface area (Å²) in [5.41, 5.74) is 0.423. The Labute approximate surface area is 132 Å². The van der Waals surface area contributed by atoms with Crippen LogP contribution in [0.1, 0.15) is 20.1 Å². The van der Waals surface area contributed by atoms with Crippen LogP contribution in [0.3, 0.4) is 0 Å². The van der Waals surface area contributed by atoms with Crippen LogP contribution in [0.4, 0.5) is 0 Å². The van der Waals surface area contributed by atoms with Crippen molar-refractivity contribution in [3.63, 3.8) is 0 Å². The molecule has 2 heterocycles. The van der Waals surface area contributed by atoms with Crippen LogP contribution in [0.2, 0.25) is 0 Å². The molecule has 1 amide bonds. The summed E-state index contributed by atoms with van der Waals surface area (Å²) in [4.78, 5) is 26.9. The molecular formula is C17H16N2O2S. The van der Waals surface area contributed by atoms with E-state index in [9.17, 15) is 9.59 Å². The van der Waals surface area contributed by atoms with Gasteiger partial charge in [0.15, 0.2) is 0 Å². The van der Waals surface area contributed by atoms with Crippen molar-refractivity contribution in [2.45, 2.75) is 13.5 Å². The fourth-order valence-electron chi connectivity index (χ4n) is 2.44. The number of aryl methyl sites for hydroxylation is 2. The number of hydrogen-bond acceptors (Lipinski definition) is 3. The number of pyridine rings is 1. The zero-order valence-corrected chi connectivity index (χ0v) is 13.2. The first kappa shape index (κ1) is 14.5. The monoisotopic (exact) mass is 312 g/mol. The molecule has 0 radical (unpaired) electrons. The minimum absolute atomic E-state index is 0.0963. The molecule has 0 spiro atoms. The SMILES string of the molecule is Cc1ccc(CNC(=O)c2cn(C)c(=O)c3ccccc23)s1. The van der Waals surface area contributed by atoms with Gasteiger partial charge in [0.1, 0.15) is 0 Å². The van der Waals surface area contributed by atoms with Gasteiger partial charge in [-0.2, -0.15) is 0 Å². The van der Waals surface area contributed by atoms with E-state index in [1.165, 1.54) is 9.44 Å². The van der Waals surface area contributed by atoms with Gasteiger partial charge in [-0.1, -0.05) is 18.2 Å². The van der Waals surface area contributed by atoms with Crippen LogP contribution in [0.5, 0.6) is 0 Å². The van der Waals surface area contributed by atoms with Gasteiger partial charge in [0.25, 0.3) is 11.5 Å². The molecule has 3 aromatic rings. The molecule has 0 fully saturated rings. The normalized spacial score (nSPS) is 10.8. The third-order valence-corrected chi connectivity index (χ3v) is 4.56. The van der Waals surface area contributed by atoms with Crippen LogP contribution in [0.25, 0.3) is 10.8 Å². The van der Waals surface area contributed by atoms with Crippen molar-refractivity contribution >= 4 is 28.0 Å². The molecule has 5 heteroatoms. The zero-order chi connectivity index (χ0) is 15.7. The number of thiophene rings is 1. The standard InChI is InChI=1S/C17H16N2O2S/c1-11-7-8-12(22-11)9-18-16(20)15-10-19(2)17(21)14-6-4-3-5-13(14)15/h3-8,10H,9H2,1-2H3,(H,18,20). The number of rotatable bonds is 3. The number of benzene rings is 1. The summed E-state index contributed by atoms with van der Waals surface area (Å²) >= 11 is 1.66. The highest BCUT2D eigenvalue weighted by Gasteiger charge is 2.13. The first-order valence-electron chi connectivity index (χ1n) is 6.98. The maximum Gasteiger partial charge on any atom is 0.258 e. The lowest BCUT2D eigenvalue weighted by molar-refractivity contribution is 0.0952. The van der Waals surface area contributed by atoms with Gasteiger partial charge in [0.2, 0.25) is 0 Å². The Kier molecular flexibility index (Phi) is 3.81. The molecule has 0 aliphatic rings. The second-order valence-corrected chi connectivity index (χ2v) is 6.57. The highest BCUT2D eigenvalue weighted by molar-refractivity contribution is 7.11. The van der Waals surface area contributed by atoms with Crippen molar-refractivity contribution in [2.24, 2.45) is 7.05 Å². The van der Waals surface area contributed by atoms with Crippen LogP contribution in [-0.2, 0) is 13.6 Å². The van der Waals surface area contributed by atoms with Crippen LogP contribution >= 0.6 is 11.3 Å². The van der Waals surface area contributed by atoms with Crippen LogP contribution < -0.4 is 10.9 Å². The molecule has 0 unspecified atom stereocenters. The van der Waals surface area contributed by atoms with Gasteiger partial charge in [-0.05, 0) is 25.1 Å². The lowest BCUT2D eigenvalue weighted by Crippen LogP contribution is -2.26. The number of carbonyl (C=O) groups excluding carboxylic acids is 1. The van der Waals surface area contributed by atoms with Gasteiger partial charge >= 0.3 is 0 Å². The fourth-order valence-corrected chi connectivity index (χ4v) is 3.27. The third-order valence-electron chi connectivity index (χ3n) is 3.55. The van der Waals surface area contributed by atoms with Gasteiger partial charge in [-0.25, -0.2) is 0 Å². The first-order chi connectivity index (χ1) is 10.6. The van der Waals surface area contributed by atoms with Crippen molar-refractivity contribution in [1.82, 2.24) is 9.88 Å². The number of nitrogens with one attached hydrogen (secondary N) is 1. The van der Waals surface area contributed by atoms with Crippen molar-refractivity contribution in [3.8, 4) is 0 Å². The lowest BCUT2D eigenvalue weighted by Gasteiger charge is -2.09. The summed E-state index contributed by atoms with van der Waals surface area (Å²) in [6.07, 6.45) is 1.60. The molecule has 0 atom stereocenters. The number of carbonyl (C=O) groups is 1. The summed E-state index contributed by atoms with van der Waals surface area (Å²) in [5.74, 6) is -0.169. The van der Waals surface area contributed by atoms with E-state index in [4.69, 9.17) is 0 Å². The molecule has 2 aromatic heterocycles. The second-order valence-electron chi connectivity index (χ2n) is 5.20. The Balaban J connectivity index is 1.94. The van der Waals surface area contributed by atoms with Gasteiger partial charge < -0.3 is 9.88 Å². The summed E-state index contributed by atoms with van der Waals surface area (Å²) in [7, 11) is 1.66. The number of fused-ring (bicyclic) bond motifs is 1. The predicted molar refractivity (Wildman–Crippen MR) is 89.4 cm³/mol. The maximum absolute atomic E-state index is 12.5. The highest BCUT2D eigenvalue weighted by Crippen LogP contribution is 2.17. The quantitative estimate of drug-likeness (QED) is 0.808. The van der Waals surface area contributed by atoms with Gasteiger partial charge in [-0.3, -0.25) is 9.59 Å². The van der Waals surface area contributed by atoms with Crippen LogP contribution in [0, 0.1) is 6.92 Å². The summed E-state index contributed by atoms with van der Waals surface area (Å²) in [5, 5.41) is 4.17. The molecule has 22 heavy (non-hydrogen) atoms. The van der Waals surface area contributed by atoms with Crippen molar-refractivity contribution < 1.29 is 4.79 Å². The molecule has 0 saturated carbocycles. The topological polar surface area (TPSA) is 51.1 Å². The highest BCUT2D eigenvalue weighted by atomic mass is 32.1. The molecule has 0 saturated heterocycles. The van der Waals surface area contributed by atoms with E-state index in [1.54, 1.807) is 42.8 Å². The van der Waals surface area contributed by atoms with Crippen molar-refractivity contribution in [2.75, 3.05) is 0 Å². The Morgan fingerprint density at radius 2 is 1.91 bits per heavy atom.